The normalized spacial score (nSPS) is 14.0. The Hall–Kier alpha value is -2.33. The van der Waals surface area contributed by atoms with Gasteiger partial charge in [-0.25, -0.2) is 13.1 Å². The zero-order valence-corrected chi connectivity index (χ0v) is 13.0. The van der Waals surface area contributed by atoms with Crippen molar-refractivity contribution in [1.29, 1.82) is 0 Å². The molecule has 0 bridgehead atoms. The number of sulfonamides is 1. The minimum absolute atomic E-state index is 0.230. The summed E-state index contributed by atoms with van der Waals surface area (Å²) in [4.78, 5) is 31.7. The van der Waals surface area contributed by atoms with Gasteiger partial charge in [0.2, 0.25) is 10.0 Å². The lowest BCUT2D eigenvalue weighted by atomic mass is 9.91. The van der Waals surface area contributed by atoms with Crippen LogP contribution in [0.3, 0.4) is 0 Å². The average Bonchev–Trinajstić information content (AvgIpc) is 2.51. The van der Waals surface area contributed by atoms with E-state index in [1.807, 2.05) is 0 Å². The number of aldehydes is 1. The van der Waals surface area contributed by atoms with E-state index in [1.54, 1.807) is 6.92 Å². The molecule has 0 unspecified atom stereocenters. The van der Waals surface area contributed by atoms with Crippen molar-refractivity contribution in [2.75, 3.05) is 6.54 Å². The number of benzene rings is 1. The number of hydrogen-bond donors (Lipinski definition) is 2. The molecule has 0 saturated carbocycles. The first kappa shape index (κ1) is 18.7. The van der Waals surface area contributed by atoms with E-state index in [0.29, 0.717) is 6.29 Å². The third-order valence-electron chi connectivity index (χ3n) is 3.33. The van der Waals surface area contributed by atoms with Crippen LogP contribution in [0.25, 0.3) is 0 Å². The van der Waals surface area contributed by atoms with Crippen molar-refractivity contribution in [2.45, 2.75) is 18.2 Å². The maximum absolute atomic E-state index is 12.1. The van der Waals surface area contributed by atoms with Crippen LogP contribution >= 0.6 is 0 Å². The van der Waals surface area contributed by atoms with Crippen molar-refractivity contribution in [2.24, 2.45) is 11.8 Å². The minimum atomic E-state index is -4.03. The van der Waals surface area contributed by atoms with Gasteiger partial charge in [0.1, 0.15) is 6.29 Å². The van der Waals surface area contributed by atoms with Gasteiger partial charge in [-0.05, 0) is 18.6 Å². The third-order valence-corrected chi connectivity index (χ3v) is 4.77. The summed E-state index contributed by atoms with van der Waals surface area (Å²) in [5.74, 6) is -3.28. The SMILES string of the molecule is CC[C@H](C=O)[C@@H](CNS(=O)(=O)c1ccc([N+](=O)[O-])cc1)C(=O)O. The van der Waals surface area contributed by atoms with E-state index in [2.05, 4.69) is 4.72 Å². The Morgan fingerprint density at radius 2 is 1.96 bits per heavy atom. The van der Waals surface area contributed by atoms with Gasteiger partial charge in [0.15, 0.2) is 0 Å². The van der Waals surface area contributed by atoms with Gasteiger partial charge >= 0.3 is 5.97 Å². The van der Waals surface area contributed by atoms with Gasteiger partial charge in [0.05, 0.1) is 15.7 Å². The monoisotopic (exact) mass is 344 g/mol. The number of nitrogens with one attached hydrogen (secondary N) is 1. The topological polar surface area (TPSA) is 144 Å². The first-order valence-electron chi connectivity index (χ1n) is 6.65. The fourth-order valence-corrected chi connectivity index (χ4v) is 2.99. The lowest BCUT2D eigenvalue weighted by Crippen LogP contribution is -2.37. The second-order valence-electron chi connectivity index (χ2n) is 4.76. The van der Waals surface area contributed by atoms with Crippen LogP contribution in [0.2, 0.25) is 0 Å². The van der Waals surface area contributed by atoms with Crippen molar-refractivity contribution in [3.63, 3.8) is 0 Å². The maximum atomic E-state index is 12.1. The fraction of sp³-hybridized carbons (Fsp3) is 0.385. The number of carboxylic acid groups (broad SMARTS) is 1. The van der Waals surface area contributed by atoms with Crippen LogP contribution in [0.5, 0.6) is 0 Å². The molecule has 1 aromatic carbocycles. The molecule has 0 heterocycles. The first-order chi connectivity index (χ1) is 10.7. The molecule has 2 N–H and O–H groups in total. The highest BCUT2D eigenvalue weighted by atomic mass is 32.2. The lowest BCUT2D eigenvalue weighted by Gasteiger charge is -2.18. The zero-order chi connectivity index (χ0) is 17.6. The largest absolute Gasteiger partial charge is 0.481 e. The number of nitro benzene ring substituents is 1. The van der Waals surface area contributed by atoms with Crippen LogP contribution in [0.1, 0.15) is 13.3 Å². The number of carbonyl (C=O) groups is 2. The Bertz CT molecular complexity index is 685. The molecule has 0 aliphatic rings. The Morgan fingerprint density at radius 3 is 2.35 bits per heavy atom. The summed E-state index contributed by atoms with van der Waals surface area (Å²) in [6, 6.07) is 4.16. The van der Waals surface area contributed by atoms with Crippen LogP contribution in [0.15, 0.2) is 29.2 Å². The van der Waals surface area contributed by atoms with Crippen LogP contribution in [-0.2, 0) is 19.6 Å². The third kappa shape index (κ3) is 4.83. The van der Waals surface area contributed by atoms with Gasteiger partial charge in [0.25, 0.3) is 5.69 Å². The Morgan fingerprint density at radius 1 is 1.39 bits per heavy atom. The zero-order valence-electron chi connectivity index (χ0n) is 12.2. The molecular weight excluding hydrogens is 328 g/mol. The molecule has 0 aliphatic heterocycles. The molecule has 0 radical (unpaired) electrons. The van der Waals surface area contributed by atoms with E-state index in [4.69, 9.17) is 5.11 Å². The lowest BCUT2D eigenvalue weighted by molar-refractivity contribution is -0.384. The number of nitro groups is 1. The molecule has 126 valence electrons. The summed E-state index contributed by atoms with van der Waals surface area (Å²) in [6.07, 6.45) is 0.749. The molecule has 9 nitrogen and oxygen atoms in total. The highest BCUT2D eigenvalue weighted by Gasteiger charge is 2.28. The summed E-state index contributed by atoms with van der Waals surface area (Å²) in [5.41, 5.74) is -0.264. The molecule has 10 heteroatoms. The molecule has 23 heavy (non-hydrogen) atoms. The van der Waals surface area contributed by atoms with E-state index in [-0.39, 0.29) is 17.0 Å². The van der Waals surface area contributed by atoms with Gasteiger partial charge in [-0.3, -0.25) is 14.9 Å². The van der Waals surface area contributed by atoms with Gasteiger partial charge < -0.3 is 9.90 Å². The predicted molar refractivity (Wildman–Crippen MR) is 79.3 cm³/mol. The summed E-state index contributed by atoms with van der Waals surface area (Å²) in [7, 11) is -4.03. The van der Waals surface area contributed by atoms with E-state index < -0.39 is 39.3 Å². The summed E-state index contributed by atoms with van der Waals surface area (Å²) >= 11 is 0. The molecule has 0 aromatic heterocycles. The number of carboxylic acids is 1. The van der Waals surface area contributed by atoms with Crippen molar-refractivity contribution >= 4 is 28.0 Å². The van der Waals surface area contributed by atoms with Crippen LogP contribution in [-0.4, -0.2) is 37.2 Å². The smallest absolute Gasteiger partial charge is 0.308 e. The molecule has 0 fully saturated rings. The molecule has 2 atom stereocenters. The average molecular weight is 344 g/mol. The highest BCUT2D eigenvalue weighted by Crippen LogP contribution is 2.17. The molecule has 0 spiro atoms. The number of aliphatic carboxylic acids is 1. The number of carbonyl (C=O) groups excluding carboxylic acids is 1. The quantitative estimate of drug-likeness (QED) is 0.383. The van der Waals surface area contributed by atoms with Crippen LogP contribution < -0.4 is 4.72 Å². The van der Waals surface area contributed by atoms with E-state index in [9.17, 15) is 28.1 Å². The first-order valence-corrected chi connectivity index (χ1v) is 8.13. The number of rotatable bonds is 9. The van der Waals surface area contributed by atoms with Crippen molar-refractivity contribution < 1.29 is 28.0 Å². The number of nitrogens with zero attached hydrogens (tertiary/aromatic N) is 1. The van der Waals surface area contributed by atoms with E-state index in [0.717, 1.165) is 24.3 Å². The van der Waals surface area contributed by atoms with Gasteiger partial charge in [-0.2, -0.15) is 0 Å². The second kappa shape index (κ2) is 7.79. The van der Waals surface area contributed by atoms with Gasteiger partial charge in [0, 0.05) is 24.6 Å². The maximum Gasteiger partial charge on any atom is 0.308 e. The molecule has 1 rings (SSSR count). The Kier molecular flexibility index (Phi) is 6.34. The predicted octanol–water partition coefficient (Wildman–Crippen LogP) is 0.799. The van der Waals surface area contributed by atoms with E-state index in [1.165, 1.54) is 0 Å². The van der Waals surface area contributed by atoms with Crippen molar-refractivity contribution in [3.8, 4) is 0 Å². The van der Waals surface area contributed by atoms with Crippen molar-refractivity contribution in [1.82, 2.24) is 4.72 Å². The van der Waals surface area contributed by atoms with Gasteiger partial charge in [-0.1, -0.05) is 6.92 Å². The second-order valence-corrected chi connectivity index (χ2v) is 6.52. The van der Waals surface area contributed by atoms with Crippen LogP contribution in [0.4, 0.5) is 5.69 Å². The summed E-state index contributed by atoms with van der Waals surface area (Å²) in [5, 5.41) is 19.6. The molecular formula is C13H16N2O7S. The minimum Gasteiger partial charge on any atom is -0.481 e. The standard InChI is InChI=1S/C13H16N2O7S/c1-2-9(8-16)12(13(17)18)7-14-23(21,22)11-5-3-10(4-6-11)15(19)20/h3-6,8-9,12,14H,2,7H2,1H3,(H,17,18)/t9-,12-/m1/s1. The molecule has 1 aromatic rings. The molecule has 0 saturated heterocycles. The summed E-state index contributed by atoms with van der Waals surface area (Å²) < 4.78 is 26.3. The van der Waals surface area contributed by atoms with Gasteiger partial charge in [-0.15, -0.1) is 0 Å². The van der Waals surface area contributed by atoms with Crippen molar-refractivity contribution in [3.05, 3.63) is 34.4 Å². The highest BCUT2D eigenvalue weighted by molar-refractivity contribution is 7.89. The summed E-state index contributed by atoms with van der Waals surface area (Å²) in [6.45, 7) is 1.17. The molecule has 0 amide bonds. The fourth-order valence-electron chi connectivity index (χ4n) is 1.93. The Labute approximate surface area is 132 Å². The molecule has 0 aliphatic carbocycles. The Balaban J connectivity index is 2.90. The van der Waals surface area contributed by atoms with E-state index >= 15 is 0 Å². The number of non-ortho nitro benzene ring substituents is 1. The van der Waals surface area contributed by atoms with Crippen LogP contribution in [0, 0.1) is 22.0 Å². The number of hydrogen-bond acceptors (Lipinski definition) is 6.